The van der Waals surface area contributed by atoms with Gasteiger partial charge in [0.15, 0.2) is 0 Å². The standard InChI is InChI=1S/C24H21N3OS/c28-24(25-20-13-6-9-17-8-4-5-12-19(17)20)22-16-21(23-14-7-15-29-23)26-27(22)18-10-2-1-3-11-18/h1-5,7-8,10-12,14-16,20H,6,9,13H2,(H,25,28). The second-order valence-corrected chi connectivity index (χ2v) is 8.20. The predicted octanol–water partition coefficient (Wildman–Crippen LogP) is 5.41. The highest BCUT2D eigenvalue weighted by Crippen LogP contribution is 2.30. The predicted molar refractivity (Wildman–Crippen MR) is 116 cm³/mol. The van der Waals surface area contributed by atoms with Crippen LogP contribution < -0.4 is 5.32 Å². The third kappa shape index (κ3) is 3.49. The number of aryl methyl sites for hydroxylation is 1. The van der Waals surface area contributed by atoms with Crippen LogP contribution in [0.15, 0.2) is 78.2 Å². The highest BCUT2D eigenvalue weighted by molar-refractivity contribution is 7.13. The molecule has 5 heteroatoms. The lowest BCUT2D eigenvalue weighted by atomic mass is 9.87. The summed E-state index contributed by atoms with van der Waals surface area (Å²) in [6.45, 7) is 0. The van der Waals surface area contributed by atoms with E-state index in [4.69, 9.17) is 5.10 Å². The van der Waals surface area contributed by atoms with Gasteiger partial charge in [-0.1, -0.05) is 48.5 Å². The minimum Gasteiger partial charge on any atom is -0.344 e. The number of thiophene rings is 1. The molecule has 2 aromatic carbocycles. The minimum atomic E-state index is -0.0918. The molecule has 1 atom stereocenters. The van der Waals surface area contributed by atoms with Gasteiger partial charge >= 0.3 is 0 Å². The molecule has 2 aromatic heterocycles. The van der Waals surface area contributed by atoms with Crippen LogP contribution in [0, 0.1) is 0 Å². The van der Waals surface area contributed by atoms with Crippen LogP contribution in [0.1, 0.15) is 40.5 Å². The first-order valence-electron chi connectivity index (χ1n) is 9.87. The molecule has 5 rings (SSSR count). The summed E-state index contributed by atoms with van der Waals surface area (Å²) in [6.07, 6.45) is 3.12. The van der Waals surface area contributed by atoms with Crippen molar-refractivity contribution < 1.29 is 4.79 Å². The molecular formula is C24H21N3OS. The van der Waals surface area contributed by atoms with E-state index in [2.05, 4.69) is 23.5 Å². The third-order valence-electron chi connectivity index (χ3n) is 5.39. The Kier molecular flexibility index (Phi) is 4.74. The van der Waals surface area contributed by atoms with Crippen LogP contribution in [0.25, 0.3) is 16.3 Å². The van der Waals surface area contributed by atoms with Crippen molar-refractivity contribution in [3.05, 3.63) is 95.0 Å². The van der Waals surface area contributed by atoms with Crippen molar-refractivity contribution in [1.29, 1.82) is 0 Å². The molecule has 29 heavy (non-hydrogen) atoms. The Morgan fingerprint density at radius 2 is 1.86 bits per heavy atom. The molecule has 1 unspecified atom stereocenters. The maximum Gasteiger partial charge on any atom is 0.270 e. The number of para-hydroxylation sites is 1. The van der Waals surface area contributed by atoms with E-state index in [-0.39, 0.29) is 11.9 Å². The molecule has 1 amide bonds. The number of rotatable bonds is 4. The summed E-state index contributed by atoms with van der Waals surface area (Å²) in [4.78, 5) is 14.4. The van der Waals surface area contributed by atoms with Gasteiger partial charge in [-0.3, -0.25) is 4.79 Å². The average Bonchev–Trinajstić information content (AvgIpc) is 3.45. The zero-order chi connectivity index (χ0) is 19.6. The lowest BCUT2D eigenvalue weighted by Crippen LogP contribution is -2.32. The van der Waals surface area contributed by atoms with Crippen LogP contribution in [0.4, 0.5) is 0 Å². The number of aromatic nitrogens is 2. The maximum atomic E-state index is 13.3. The highest BCUT2D eigenvalue weighted by atomic mass is 32.1. The number of carbonyl (C=O) groups is 1. The zero-order valence-corrected chi connectivity index (χ0v) is 16.7. The van der Waals surface area contributed by atoms with Crippen LogP contribution in [-0.2, 0) is 6.42 Å². The number of nitrogens with one attached hydrogen (secondary N) is 1. The molecule has 0 saturated heterocycles. The van der Waals surface area contributed by atoms with Crippen LogP contribution in [-0.4, -0.2) is 15.7 Å². The number of nitrogens with zero attached hydrogens (tertiary/aromatic N) is 2. The largest absolute Gasteiger partial charge is 0.344 e. The highest BCUT2D eigenvalue weighted by Gasteiger charge is 2.24. The van der Waals surface area contributed by atoms with Crippen molar-refractivity contribution >= 4 is 17.2 Å². The summed E-state index contributed by atoms with van der Waals surface area (Å²) in [5.74, 6) is -0.0918. The van der Waals surface area contributed by atoms with E-state index in [1.165, 1.54) is 11.1 Å². The Balaban J connectivity index is 1.51. The number of benzene rings is 2. The molecule has 1 N–H and O–H groups in total. The van der Waals surface area contributed by atoms with Gasteiger partial charge in [-0.25, -0.2) is 4.68 Å². The summed E-state index contributed by atoms with van der Waals surface area (Å²) in [5.41, 5.74) is 4.82. The maximum absolute atomic E-state index is 13.3. The molecular weight excluding hydrogens is 378 g/mol. The van der Waals surface area contributed by atoms with Crippen molar-refractivity contribution in [2.45, 2.75) is 25.3 Å². The van der Waals surface area contributed by atoms with Gasteiger partial charge in [-0.2, -0.15) is 5.10 Å². The topological polar surface area (TPSA) is 46.9 Å². The van der Waals surface area contributed by atoms with E-state index in [0.717, 1.165) is 35.5 Å². The fourth-order valence-corrected chi connectivity index (χ4v) is 4.67. The molecule has 1 aliphatic carbocycles. The smallest absolute Gasteiger partial charge is 0.270 e. The van der Waals surface area contributed by atoms with E-state index >= 15 is 0 Å². The lowest BCUT2D eigenvalue weighted by molar-refractivity contribution is 0.0925. The number of carbonyl (C=O) groups excluding carboxylic acids is 1. The fraction of sp³-hybridized carbons (Fsp3) is 0.167. The second-order valence-electron chi connectivity index (χ2n) is 7.26. The molecule has 144 valence electrons. The van der Waals surface area contributed by atoms with Gasteiger partial charge in [-0.05, 0) is 60.0 Å². The summed E-state index contributed by atoms with van der Waals surface area (Å²) in [5, 5.41) is 10.0. The molecule has 4 aromatic rings. The Hall–Kier alpha value is -3.18. The van der Waals surface area contributed by atoms with E-state index in [9.17, 15) is 4.79 Å². The van der Waals surface area contributed by atoms with Gasteiger partial charge in [-0.15, -0.1) is 11.3 Å². The first-order valence-corrected chi connectivity index (χ1v) is 10.8. The van der Waals surface area contributed by atoms with Crippen LogP contribution in [0.2, 0.25) is 0 Å². The van der Waals surface area contributed by atoms with E-state index in [0.29, 0.717) is 5.69 Å². The summed E-state index contributed by atoms with van der Waals surface area (Å²) in [6, 6.07) is 24.2. The molecule has 1 aliphatic rings. The average molecular weight is 400 g/mol. The number of hydrogen-bond acceptors (Lipinski definition) is 3. The van der Waals surface area contributed by atoms with Gasteiger partial charge in [0.2, 0.25) is 0 Å². The first-order chi connectivity index (χ1) is 14.3. The van der Waals surface area contributed by atoms with E-state index in [1.54, 1.807) is 16.0 Å². The van der Waals surface area contributed by atoms with Crippen molar-refractivity contribution in [3.8, 4) is 16.3 Å². The third-order valence-corrected chi connectivity index (χ3v) is 6.28. The Labute approximate surface area is 173 Å². The number of amides is 1. The monoisotopic (exact) mass is 399 g/mol. The Bertz CT molecular complexity index is 1130. The van der Waals surface area contributed by atoms with Crippen LogP contribution >= 0.6 is 11.3 Å². The SMILES string of the molecule is O=C(NC1CCCc2ccccc21)c1cc(-c2cccs2)nn1-c1ccccc1. The fourth-order valence-electron chi connectivity index (χ4n) is 3.99. The molecule has 4 nitrogen and oxygen atoms in total. The zero-order valence-electron chi connectivity index (χ0n) is 15.9. The van der Waals surface area contributed by atoms with Gasteiger partial charge in [0.1, 0.15) is 11.4 Å². The summed E-state index contributed by atoms with van der Waals surface area (Å²) < 4.78 is 1.75. The molecule has 0 fully saturated rings. The number of fused-ring (bicyclic) bond motifs is 1. The van der Waals surface area contributed by atoms with Gasteiger partial charge in [0.05, 0.1) is 16.6 Å². The number of hydrogen-bond donors (Lipinski definition) is 1. The van der Waals surface area contributed by atoms with Gasteiger partial charge in [0, 0.05) is 0 Å². The van der Waals surface area contributed by atoms with Gasteiger partial charge in [0.25, 0.3) is 5.91 Å². The van der Waals surface area contributed by atoms with Crippen molar-refractivity contribution in [3.63, 3.8) is 0 Å². The van der Waals surface area contributed by atoms with Gasteiger partial charge < -0.3 is 5.32 Å². The van der Waals surface area contributed by atoms with Crippen molar-refractivity contribution in [2.24, 2.45) is 0 Å². The van der Waals surface area contributed by atoms with Crippen LogP contribution in [0.5, 0.6) is 0 Å². The molecule has 0 bridgehead atoms. The first kappa shape index (κ1) is 17.9. The second kappa shape index (κ2) is 7.68. The van der Waals surface area contributed by atoms with Crippen molar-refractivity contribution in [1.82, 2.24) is 15.1 Å². The minimum absolute atomic E-state index is 0.0387. The molecule has 0 aliphatic heterocycles. The molecule has 0 saturated carbocycles. The normalized spacial score (nSPS) is 15.7. The quantitative estimate of drug-likeness (QED) is 0.499. The molecule has 0 spiro atoms. The lowest BCUT2D eigenvalue weighted by Gasteiger charge is -2.26. The Morgan fingerprint density at radius 1 is 1.03 bits per heavy atom. The van der Waals surface area contributed by atoms with Crippen molar-refractivity contribution in [2.75, 3.05) is 0 Å². The Morgan fingerprint density at radius 3 is 2.69 bits per heavy atom. The molecule has 0 radical (unpaired) electrons. The summed E-state index contributed by atoms with van der Waals surface area (Å²) in [7, 11) is 0. The molecule has 2 heterocycles. The van der Waals surface area contributed by atoms with E-state index < -0.39 is 0 Å². The van der Waals surface area contributed by atoms with E-state index in [1.807, 2.05) is 60.0 Å². The van der Waals surface area contributed by atoms with Crippen LogP contribution in [0.3, 0.4) is 0 Å². The summed E-state index contributed by atoms with van der Waals surface area (Å²) >= 11 is 1.62.